The van der Waals surface area contributed by atoms with Gasteiger partial charge in [0, 0.05) is 57.3 Å². The number of carbonyl (C=O) groups excluding carboxylic acids is 5. The highest BCUT2D eigenvalue weighted by Crippen LogP contribution is 2.27. The van der Waals surface area contributed by atoms with E-state index in [-0.39, 0.29) is 5.76 Å². The molecule has 1 aromatic carbocycles. The highest BCUT2D eigenvalue weighted by molar-refractivity contribution is 5.89. The second-order valence-electron chi connectivity index (χ2n) is 7.48. The lowest BCUT2D eigenvalue weighted by Crippen LogP contribution is -2.48. The molecule has 3 atom stereocenters. The van der Waals surface area contributed by atoms with Gasteiger partial charge in [-0.3, -0.25) is 24.0 Å². The second-order valence-corrected chi connectivity index (χ2v) is 7.48. The van der Waals surface area contributed by atoms with Crippen LogP contribution in [0.2, 0.25) is 0 Å². The van der Waals surface area contributed by atoms with Crippen LogP contribution in [0.4, 0.5) is 0 Å². The number of benzene rings is 1. The van der Waals surface area contributed by atoms with Gasteiger partial charge in [-0.15, -0.1) is 0 Å². The van der Waals surface area contributed by atoms with E-state index < -0.39 is 54.8 Å². The van der Waals surface area contributed by atoms with Crippen LogP contribution >= 0.6 is 0 Å². The van der Waals surface area contributed by atoms with Crippen molar-refractivity contribution >= 4 is 46.8 Å². The van der Waals surface area contributed by atoms with E-state index in [0.29, 0.717) is 5.56 Å². The van der Waals surface area contributed by atoms with Gasteiger partial charge >= 0.3 is 29.8 Å². The molecule has 0 amide bonds. The number of aromatic nitrogens is 1. The first-order valence-corrected chi connectivity index (χ1v) is 10.6. The molecule has 1 heterocycles. The number of para-hydroxylation sites is 1. The van der Waals surface area contributed by atoms with Crippen LogP contribution in [0.25, 0.3) is 17.0 Å². The Bertz CT molecular complexity index is 1130. The SMILES string of the molecule is CC(=O)OC[C@H](OC(C)=O)[C@@H](OC(C)=O)[C@@H](OC(C)=O)/C(=C/c1c[nH]c2ccccc12)OC(C)=O. The number of hydrogen-bond acceptors (Lipinski definition) is 10. The fraction of sp³-hybridized carbons (Fsp3) is 0.375. The molecule has 1 N–H and O–H groups in total. The highest BCUT2D eigenvalue weighted by Gasteiger charge is 2.41. The van der Waals surface area contributed by atoms with Crippen LogP contribution in [0.3, 0.4) is 0 Å². The van der Waals surface area contributed by atoms with E-state index in [0.717, 1.165) is 45.5 Å². The summed E-state index contributed by atoms with van der Waals surface area (Å²) in [4.78, 5) is 62.2. The van der Waals surface area contributed by atoms with Crippen LogP contribution in [0.5, 0.6) is 0 Å². The van der Waals surface area contributed by atoms with Gasteiger partial charge in [-0.1, -0.05) is 18.2 Å². The van der Waals surface area contributed by atoms with Crippen LogP contribution in [0.1, 0.15) is 40.2 Å². The molecule has 2 rings (SSSR count). The van der Waals surface area contributed by atoms with Crippen molar-refractivity contribution < 1.29 is 47.7 Å². The third-order valence-corrected chi connectivity index (χ3v) is 4.49. The lowest BCUT2D eigenvalue weighted by Gasteiger charge is -2.32. The summed E-state index contributed by atoms with van der Waals surface area (Å²) in [5, 5.41) is 0.763. The number of fused-ring (bicyclic) bond motifs is 1. The molecule has 188 valence electrons. The average molecular weight is 489 g/mol. The molecular formula is C24H27NO10. The van der Waals surface area contributed by atoms with E-state index in [9.17, 15) is 24.0 Å². The van der Waals surface area contributed by atoms with E-state index >= 15 is 0 Å². The first kappa shape index (κ1) is 27.1. The van der Waals surface area contributed by atoms with Crippen molar-refractivity contribution in [3.63, 3.8) is 0 Å². The minimum Gasteiger partial charge on any atom is -0.462 e. The maximum atomic E-state index is 12.0. The number of rotatable bonds is 10. The van der Waals surface area contributed by atoms with Gasteiger partial charge in [0.1, 0.15) is 6.61 Å². The van der Waals surface area contributed by atoms with Crippen molar-refractivity contribution in [3.05, 3.63) is 41.8 Å². The smallest absolute Gasteiger partial charge is 0.307 e. The number of H-pyrrole nitrogens is 1. The zero-order valence-corrected chi connectivity index (χ0v) is 20.0. The molecule has 0 saturated heterocycles. The minimum atomic E-state index is -1.55. The molecule has 11 heteroatoms. The maximum absolute atomic E-state index is 12.0. The fourth-order valence-electron chi connectivity index (χ4n) is 3.30. The topological polar surface area (TPSA) is 147 Å². The summed E-state index contributed by atoms with van der Waals surface area (Å²) < 4.78 is 26.3. The summed E-state index contributed by atoms with van der Waals surface area (Å²) in [7, 11) is 0. The number of aromatic amines is 1. The molecule has 0 spiro atoms. The summed E-state index contributed by atoms with van der Waals surface area (Å²) in [6, 6.07) is 7.28. The average Bonchev–Trinajstić information content (AvgIpc) is 3.15. The van der Waals surface area contributed by atoms with Gasteiger partial charge in [0.15, 0.2) is 24.1 Å². The van der Waals surface area contributed by atoms with Crippen LogP contribution in [-0.2, 0) is 47.7 Å². The van der Waals surface area contributed by atoms with Crippen LogP contribution < -0.4 is 0 Å². The van der Waals surface area contributed by atoms with E-state index in [1.54, 1.807) is 12.3 Å². The Morgan fingerprint density at radius 3 is 2.03 bits per heavy atom. The highest BCUT2D eigenvalue weighted by atomic mass is 16.6. The number of ether oxygens (including phenoxy) is 5. The number of hydrogen-bond donors (Lipinski definition) is 1. The summed E-state index contributed by atoms with van der Waals surface area (Å²) >= 11 is 0. The van der Waals surface area contributed by atoms with Gasteiger partial charge in [-0.05, 0) is 12.1 Å². The normalized spacial score (nSPS) is 13.8. The third-order valence-electron chi connectivity index (χ3n) is 4.49. The minimum absolute atomic E-state index is 0.205. The van der Waals surface area contributed by atoms with Crippen molar-refractivity contribution in [2.24, 2.45) is 0 Å². The molecule has 0 aliphatic carbocycles. The Hall–Kier alpha value is -4.15. The van der Waals surface area contributed by atoms with Gasteiger partial charge in [0.25, 0.3) is 0 Å². The summed E-state index contributed by atoms with van der Waals surface area (Å²) in [5.41, 5.74) is 1.36. The molecule has 0 fully saturated rings. The summed E-state index contributed by atoms with van der Waals surface area (Å²) in [5.74, 6) is -4.06. The molecular weight excluding hydrogens is 462 g/mol. The zero-order chi connectivity index (χ0) is 26.1. The van der Waals surface area contributed by atoms with Crippen molar-refractivity contribution in [1.82, 2.24) is 4.98 Å². The third kappa shape index (κ3) is 8.29. The number of nitrogens with one attached hydrogen (secondary N) is 1. The predicted molar refractivity (Wildman–Crippen MR) is 121 cm³/mol. The first-order chi connectivity index (χ1) is 16.5. The lowest BCUT2D eigenvalue weighted by atomic mass is 10.0. The number of carbonyl (C=O) groups is 5. The molecule has 0 bridgehead atoms. The van der Waals surface area contributed by atoms with Gasteiger partial charge in [-0.25, -0.2) is 0 Å². The molecule has 1 aromatic heterocycles. The summed E-state index contributed by atoms with van der Waals surface area (Å²) in [6.45, 7) is 5.03. The Balaban J connectivity index is 2.66. The van der Waals surface area contributed by atoms with Crippen LogP contribution in [-0.4, -0.2) is 59.7 Å². The molecule has 0 radical (unpaired) electrons. The second kappa shape index (κ2) is 12.4. The Morgan fingerprint density at radius 2 is 1.46 bits per heavy atom. The van der Waals surface area contributed by atoms with Gasteiger partial charge < -0.3 is 28.7 Å². The van der Waals surface area contributed by atoms with Crippen LogP contribution in [0.15, 0.2) is 36.2 Å². The molecule has 0 aliphatic heterocycles. The lowest BCUT2D eigenvalue weighted by molar-refractivity contribution is -0.189. The Labute approximate surface area is 201 Å². The van der Waals surface area contributed by atoms with Crippen molar-refractivity contribution in [1.29, 1.82) is 0 Å². The fourth-order valence-corrected chi connectivity index (χ4v) is 3.30. The predicted octanol–water partition coefficient (Wildman–Crippen LogP) is 2.43. The van der Waals surface area contributed by atoms with Gasteiger partial charge in [-0.2, -0.15) is 0 Å². The van der Waals surface area contributed by atoms with E-state index in [2.05, 4.69) is 4.98 Å². The molecule has 2 aromatic rings. The molecule has 0 saturated carbocycles. The monoisotopic (exact) mass is 489 g/mol. The number of esters is 5. The molecule has 11 nitrogen and oxygen atoms in total. The van der Waals surface area contributed by atoms with Crippen molar-refractivity contribution in [3.8, 4) is 0 Å². The quantitative estimate of drug-likeness (QED) is 0.300. The first-order valence-electron chi connectivity index (χ1n) is 10.6. The molecule has 35 heavy (non-hydrogen) atoms. The van der Waals surface area contributed by atoms with E-state index in [1.165, 1.54) is 6.08 Å². The molecule has 0 unspecified atom stereocenters. The zero-order valence-electron chi connectivity index (χ0n) is 20.0. The molecule has 0 aliphatic rings. The van der Waals surface area contributed by atoms with Gasteiger partial charge in [0.05, 0.1) is 0 Å². The largest absolute Gasteiger partial charge is 0.462 e. The summed E-state index contributed by atoms with van der Waals surface area (Å²) in [6.07, 6.45) is -1.40. The van der Waals surface area contributed by atoms with E-state index in [4.69, 9.17) is 23.7 Å². The standard InChI is InChI=1S/C24H27NO10/c1-13(26)31-12-22(33-15(3)28)24(35-17(5)30)23(34-16(4)29)21(32-14(2)27)10-18-11-25-20-9-7-6-8-19(18)20/h6-11,22-25H,12H2,1-5H3/b21-10-/t22-,23-,24+/m0/s1. The Morgan fingerprint density at radius 1 is 0.829 bits per heavy atom. The van der Waals surface area contributed by atoms with Crippen molar-refractivity contribution in [2.75, 3.05) is 6.61 Å². The van der Waals surface area contributed by atoms with Gasteiger partial charge in [0.2, 0.25) is 0 Å². The van der Waals surface area contributed by atoms with E-state index in [1.807, 2.05) is 18.2 Å². The maximum Gasteiger partial charge on any atom is 0.307 e. The van der Waals surface area contributed by atoms with Crippen LogP contribution in [0, 0.1) is 0 Å². The Kier molecular flexibility index (Phi) is 9.56. The van der Waals surface area contributed by atoms with Crippen molar-refractivity contribution in [2.45, 2.75) is 52.9 Å².